The number of methoxy groups -OCH3 is 1. The van der Waals surface area contributed by atoms with E-state index in [4.69, 9.17) is 4.74 Å². The third kappa shape index (κ3) is 3.31. The summed E-state index contributed by atoms with van der Waals surface area (Å²) in [5.74, 6) is 1.27. The molecule has 1 amide bonds. The van der Waals surface area contributed by atoms with Gasteiger partial charge in [-0.05, 0) is 55.9 Å². The zero-order valence-electron chi connectivity index (χ0n) is 12.2. The molecule has 1 aliphatic rings. The minimum absolute atomic E-state index is 0.00160. The summed E-state index contributed by atoms with van der Waals surface area (Å²) in [6.45, 7) is 2.22. The normalized spacial score (nSPS) is 26.1. The Kier molecular flexibility index (Phi) is 4.65. The predicted octanol–water partition coefficient (Wildman–Crippen LogP) is 2.37. The van der Waals surface area contributed by atoms with E-state index in [2.05, 4.69) is 12.2 Å². The molecule has 0 bridgehead atoms. The van der Waals surface area contributed by atoms with Gasteiger partial charge in [0.25, 0.3) is 5.91 Å². The monoisotopic (exact) mass is 277 g/mol. The molecule has 2 rings (SSSR count). The molecule has 0 atom stereocenters. The summed E-state index contributed by atoms with van der Waals surface area (Å²) in [5, 5.41) is 12.7. The highest BCUT2D eigenvalue weighted by molar-refractivity contribution is 5.94. The van der Waals surface area contributed by atoms with Crippen molar-refractivity contribution in [2.75, 3.05) is 13.7 Å². The number of carbonyl (C=O) groups excluding carboxylic acids is 1. The second-order valence-corrected chi connectivity index (χ2v) is 5.80. The van der Waals surface area contributed by atoms with E-state index < -0.39 is 5.54 Å². The van der Waals surface area contributed by atoms with Crippen molar-refractivity contribution in [3.63, 3.8) is 0 Å². The molecule has 1 aromatic carbocycles. The van der Waals surface area contributed by atoms with Crippen LogP contribution >= 0.6 is 0 Å². The number of carbonyl (C=O) groups is 1. The van der Waals surface area contributed by atoms with Crippen molar-refractivity contribution in [3.8, 4) is 5.75 Å². The molecule has 110 valence electrons. The van der Waals surface area contributed by atoms with Crippen LogP contribution in [0.4, 0.5) is 0 Å². The molecule has 0 heterocycles. The Morgan fingerprint density at radius 1 is 1.35 bits per heavy atom. The van der Waals surface area contributed by atoms with Crippen molar-refractivity contribution in [2.24, 2.45) is 5.92 Å². The van der Waals surface area contributed by atoms with Crippen LogP contribution in [0.2, 0.25) is 0 Å². The standard InChI is InChI=1S/C16H23NO3/c1-12-7-9-16(11-18,10-8-12)17-15(19)13-3-5-14(20-2)6-4-13/h3-6,12,18H,7-11H2,1-2H3,(H,17,19). The Morgan fingerprint density at radius 3 is 2.45 bits per heavy atom. The molecule has 1 fully saturated rings. The molecule has 0 radical (unpaired) electrons. The highest BCUT2D eigenvalue weighted by atomic mass is 16.5. The minimum atomic E-state index is -0.455. The van der Waals surface area contributed by atoms with E-state index in [0.29, 0.717) is 11.5 Å². The Bertz CT molecular complexity index is 447. The lowest BCUT2D eigenvalue weighted by atomic mass is 9.77. The van der Waals surface area contributed by atoms with E-state index in [1.165, 1.54) is 0 Å². The zero-order valence-corrected chi connectivity index (χ0v) is 12.2. The van der Waals surface area contributed by atoms with Gasteiger partial charge in [0.2, 0.25) is 0 Å². The number of amides is 1. The molecule has 0 spiro atoms. The van der Waals surface area contributed by atoms with E-state index in [-0.39, 0.29) is 12.5 Å². The smallest absolute Gasteiger partial charge is 0.251 e. The molecule has 0 unspecified atom stereocenters. The van der Waals surface area contributed by atoms with Gasteiger partial charge in [0, 0.05) is 5.56 Å². The summed E-state index contributed by atoms with van der Waals surface area (Å²) in [7, 11) is 1.60. The molecular formula is C16H23NO3. The number of aliphatic hydroxyl groups is 1. The fourth-order valence-electron chi connectivity index (χ4n) is 2.69. The van der Waals surface area contributed by atoms with Crippen LogP contribution in [0, 0.1) is 5.92 Å². The molecule has 4 heteroatoms. The first-order valence-corrected chi connectivity index (χ1v) is 7.16. The number of benzene rings is 1. The summed E-state index contributed by atoms with van der Waals surface area (Å²) in [6, 6.07) is 7.02. The number of nitrogens with one attached hydrogen (secondary N) is 1. The number of hydrogen-bond acceptors (Lipinski definition) is 3. The topological polar surface area (TPSA) is 58.6 Å². The maximum absolute atomic E-state index is 12.3. The van der Waals surface area contributed by atoms with E-state index in [0.717, 1.165) is 31.4 Å². The highest BCUT2D eigenvalue weighted by Gasteiger charge is 2.35. The van der Waals surface area contributed by atoms with Gasteiger partial charge in [0.15, 0.2) is 0 Å². The van der Waals surface area contributed by atoms with Crippen LogP contribution in [0.3, 0.4) is 0 Å². The number of aliphatic hydroxyl groups excluding tert-OH is 1. The Balaban J connectivity index is 2.04. The molecular weight excluding hydrogens is 254 g/mol. The predicted molar refractivity (Wildman–Crippen MR) is 77.9 cm³/mol. The molecule has 1 aromatic rings. The fraction of sp³-hybridized carbons (Fsp3) is 0.562. The number of hydrogen-bond donors (Lipinski definition) is 2. The van der Waals surface area contributed by atoms with Crippen molar-refractivity contribution < 1.29 is 14.6 Å². The van der Waals surface area contributed by atoms with E-state index in [1.54, 1.807) is 31.4 Å². The molecule has 0 aromatic heterocycles. The molecule has 0 saturated heterocycles. The average molecular weight is 277 g/mol. The lowest BCUT2D eigenvalue weighted by molar-refractivity contribution is 0.0717. The second-order valence-electron chi connectivity index (χ2n) is 5.80. The van der Waals surface area contributed by atoms with Crippen LogP contribution in [-0.2, 0) is 0 Å². The molecule has 4 nitrogen and oxygen atoms in total. The van der Waals surface area contributed by atoms with E-state index >= 15 is 0 Å². The summed E-state index contributed by atoms with van der Waals surface area (Å²) < 4.78 is 5.08. The minimum Gasteiger partial charge on any atom is -0.497 e. The van der Waals surface area contributed by atoms with Crippen molar-refractivity contribution in [2.45, 2.75) is 38.1 Å². The quantitative estimate of drug-likeness (QED) is 0.888. The third-order valence-electron chi connectivity index (χ3n) is 4.26. The zero-order chi connectivity index (χ0) is 14.6. The average Bonchev–Trinajstić information content (AvgIpc) is 2.50. The van der Waals surface area contributed by atoms with E-state index in [9.17, 15) is 9.90 Å². The summed E-state index contributed by atoms with van der Waals surface area (Å²) in [4.78, 5) is 12.3. The first-order valence-electron chi connectivity index (χ1n) is 7.16. The second kappa shape index (κ2) is 6.27. The van der Waals surface area contributed by atoms with Crippen LogP contribution in [0.1, 0.15) is 43.0 Å². The highest BCUT2D eigenvalue weighted by Crippen LogP contribution is 2.31. The molecule has 0 aliphatic heterocycles. The first-order chi connectivity index (χ1) is 9.58. The summed E-state index contributed by atoms with van der Waals surface area (Å²) >= 11 is 0. The van der Waals surface area contributed by atoms with E-state index in [1.807, 2.05) is 0 Å². The van der Waals surface area contributed by atoms with Gasteiger partial charge in [0.1, 0.15) is 5.75 Å². The van der Waals surface area contributed by atoms with Gasteiger partial charge >= 0.3 is 0 Å². The molecule has 20 heavy (non-hydrogen) atoms. The van der Waals surface area contributed by atoms with Crippen molar-refractivity contribution >= 4 is 5.91 Å². The fourth-order valence-corrected chi connectivity index (χ4v) is 2.69. The Morgan fingerprint density at radius 2 is 1.95 bits per heavy atom. The van der Waals surface area contributed by atoms with Crippen LogP contribution in [-0.4, -0.2) is 30.3 Å². The lowest BCUT2D eigenvalue weighted by Gasteiger charge is -2.38. The maximum Gasteiger partial charge on any atom is 0.251 e. The van der Waals surface area contributed by atoms with Gasteiger partial charge in [-0.25, -0.2) is 0 Å². The van der Waals surface area contributed by atoms with Crippen LogP contribution in [0.25, 0.3) is 0 Å². The number of ether oxygens (including phenoxy) is 1. The Labute approximate surface area is 120 Å². The molecule has 1 aliphatic carbocycles. The Hall–Kier alpha value is -1.55. The van der Waals surface area contributed by atoms with Gasteiger partial charge in [0.05, 0.1) is 19.3 Å². The van der Waals surface area contributed by atoms with Gasteiger partial charge in [-0.3, -0.25) is 4.79 Å². The largest absolute Gasteiger partial charge is 0.497 e. The van der Waals surface area contributed by atoms with Crippen LogP contribution in [0.5, 0.6) is 5.75 Å². The van der Waals surface area contributed by atoms with Gasteiger partial charge in [-0.15, -0.1) is 0 Å². The SMILES string of the molecule is COc1ccc(C(=O)NC2(CO)CCC(C)CC2)cc1. The molecule has 1 saturated carbocycles. The van der Waals surface area contributed by atoms with Gasteiger partial charge < -0.3 is 15.2 Å². The van der Waals surface area contributed by atoms with Gasteiger partial charge in [-0.1, -0.05) is 6.92 Å². The van der Waals surface area contributed by atoms with Gasteiger partial charge in [-0.2, -0.15) is 0 Å². The summed E-state index contributed by atoms with van der Waals surface area (Å²) in [5.41, 5.74) is 0.140. The van der Waals surface area contributed by atoms with Crippen molar-refractivity contribution in [1.82, 2.24) is 5.32 Å². The van der Waals surface area contributed by atoms with Crippen molar-refractivity contribution in [3.05, 3.63) is 29.8 Å². The van der Waals surface area contributed by atoms with Crippen molar-refractivity contribution in [1.29, 1.82) is 0 Å². The third-order valence-corrected chi connectivity index (χ3v) is 4.26. The summed E-state index contributed by atoms with van der Waals surface area (Å²) in [6.07, 6.45) is 3.77. The van der Waals surface area contributed by atoms with Crippen LogP contribution < -0.4 is 10.1 Å². The molecule has 2 N–H and O–H groups in total. The lowest BCUT2D eigenvalue weighted by Crippen LogP contribution is -2.53. The number of rotatable bonds is 4. The maximum atomic E-state index is 12.3. The first kappa shape index (κ1) is 14.9. The van der Waals surface area contributed by atoms with Crippen LogP contribution in [0.15, 0.2) is 24.3 Å².